The summed E-state index contributed by atoms with van der Waals surface area (Å²) in [4.78, 5) is 16.5. The summed E-state index contributed by atoms with van der Waals surface area (Å²) >= 11 is 0. The van der Waals surface area contributed by atoms with Crippen LogP contribution in [0.5, 0.6) is 11.5 Å². The van der Waals surface area contributed by atoms with E-state index in [1.54, 1.807) is 13.2 Å². The molecule has 6 heteroatoms. The number of nitrogens with zero attached hydrogens (tertiary/aromatic N) is 2. The van der Waals surface area contributed by atoms with Gasteiger partial charge in [0, 0.05) is 19.5 Å². The first kappa shape index (κ1) is 24.1. The highest BCUT2D eigenvalue weighted by molar-refractivity contribution is 5.87. The Morgan fingerprint density at radius 3 is 2.82 bits per heavy atom. The molecule has 0 saturated carbocycles. The van der Waals surface area contributed by atoms with Crippen molar-refractivity contribution in [3.8, 4) is 11.5 Å². The molecule has 0 fully saturated rings. The number of fused-ring (bicyclic) bond motifs is 1. The van der Waals surface area contributed by atoms with Gasteiger partial charge >= 0.3 is 0 Å². The van der Waals surface area contributed by atoms with Gasteiger partial charge in [0.05, 0.1) is 24.8 Å². The number of hydrogen-bond acceptors (Lipinski definition) is 4. The van der Waals surface area contributed by atoms with Crippen LogP contribution in [0.25, 0.3) is 11.0 Å². The Morgan fingerprint density at radius 2 is 2.03 bits per heavy atom. The average Bonchev–Trinajstić information content (AvgIpc) is 3.17. The molecule has 1 N–H and O–H groups in total. The van der Waals surface area contributed by atoms with Crippen LogP contribution in [0.4, 0.5) is 0 Å². The van der Waals surface area contributed by atoms with Gasteiger partial charge in [0.2, 0.25) is 5.91 Å². The molecule has 0 unspecified atom stereocenters. The predicted molar refractivity (Wildman–Crippen MR) is 133 cm³/mol. The maximum absolute atomic E-state index is 11.7. The second-order valence-electron chi connectivity index (χ2n) is 7.74. The molecule has 6 nitrogen and oxygen atoms in total. The number of benzene rings is 2. The number of nitrogens with one attached hydrogen (secondary N) is 1. The highest BCUT2D eigenvalue weighted by Crippen LogP contribution is 2.28. The number of allylic oxidation sites excluding steroid dienone is 2. The van der Waals surface area contributed by atoms with Gasteiger partial charge in [-0.2, -0.15) is 0 Å². The quantitative estimate of drug-likeness (QED) is 0.231. The molecule has 0 aliphatic heterocycles. The van der Waals surface area contributed by atoms with Crippen molar-refractivity contribution in [2.75, 3.05) is 20.3 Å². The summed E-state index contributed by atoms with van der Waals surface area (Å²) in [5, 5.41) is 2.90. The highest BCUT2D eigenvalue weighted by Gasteiger charge is 2.11. The van der Waals surface area contributed by atoms with E-state index < -0.39 is 0 Å². The van der Waals surface area contributed by atoms with E-state index in [9.17, 15) is 4.79 Å². The van der Waals surface area contributed by atoms with Gasteiger partial charge in [0.25, 0.3) is 0 Å². The molecule has 2 aromatic carbocycles. The van der Waals surface area contributed by atoms with E-state index in [4.69, 9.17) is 14.5 Å². The van der Waals surface area contributed by atoms with Crippen molar-refractivity contribution in [2.24, 2.45) is 0 Å². The fourth-order valence-corrected chi connectivity index (χ4v) is 3.75. The summed E-state index contributed by atoms with van der Waals surface area (Å²) in [5.41, 5.74) is 3.25. The van der Waals surface area contributed by atoms with Crippen molar-refractivity contribution in [1.82, 2.24) is 14.9 Å². The number of aromatic nitrogens is 2. The number of methoxy groups -OCH3 is 1. The fraction of sp³-hybridized carbons (Fsp3) is 0.333. The summed E-state index contributed by atoms with van der Waals surface area (Å²) in [6.07, 6.45) is 8.48. The largest absolute Gasteiger partial charge is 0.493 e. The topological polar surface area (TPSA) is 65.4 Å². The van der Waals surface area contributed by atoms with E-state index in [2.05, 4.69) is 22.5 Å². The molecule has 33 heavy (non-hydrogen) atoms. The second kappa shape index (κ2) is 12.5. The molecule has 3 rings (SSSR count). The van der Waals surface area contributed by atoms with Gasteiger partial charge in [-0.15, -0.1) is 6.58 Å². The number of rotatable bonds is 13. The van der Waals surface area contributed by atoms with Crippen molar-refractivity contribution in [3.05, 3.63) is 78.7 Å². The lowest BCUT2D eigenvalue weighted by atomic mass is 10.1. The Hall–Kier alpha value is -3.54. The molecule has 3 aromatic rings. The Kier molecular flexibility index (Phi) is 9.12. The van der Waals surface area contributed by atoms with Crippen LogP contribution in [0.3, 0.4) is 0 Å². The molecule has 0 spiro atoms. The van der Waals surface area contributed by atoms with Gasteiger partial charge in [-0.05, 0) is 62.1 Å². The van der Waals surface area contributed by atoms with Gasteiger partial charge in [-0.1, -0.05) is 30.4 Å². The van der Waals surface area contributed by atoms with Crippen LogP contribution < -0.4 is 14.8 Å². The average molecular weight is 448 g/mol. The van der Waals surface area contributed by atoms with Gasteiger partial charge in [0.1, 0.15) is 5.82 Å². The van der Waals surface area contributed by atoms with E-state index in [0.717, 1.165) is 59.7 Å². The fourth-order valence-electron chi connectivity index (χ4n) is 3.75. The highest BCUT2D eigenvalue weighted by atomic mass is 16.5. The van der Waals surface area contributed by atoms with Crippen LogP contribution in [0.2, 0.25) is 0 Å². The van der Waals surface area contributed by atoms with Crippen molar-refractivity contribution in [3.63, 3.8) is 0 Å². The second-order valence-corrected chi connectivity index (χ2v) is 7.74. The van der Waals surface area contributed by atoms with Crippen molar-refractivity contribution >= 4 is 16.9 Å². The van der Waals surface area contributed by atoms with Crippen LogP contribution >= 0.6 is 0 Å². The van der Waals surface area contributed by atoms with Crippen LogP contribution in [0.15, 0.2) is 67.3 Å². The Bertz CT molecular complexity index is 1100. The number of para-hydroxylation sites is 2. The number of imidazole rings is 1. The number of carbonyl (C=O) groups is 1. The Balaban J connectivity index is 1.56. The van der Waals surface area contributed by atoms with Crippen LogP contribution in [-0.4, -0.2) is 35.7 Å². The minimum absolute atomic E-state index is 0.0785. The van der Waals surface area contributed by atoms with Crippen molar-refractivity contribution in [1.29, 1.82) is 0 Å². The standard InChI is InChI=1S/C27H33N3O3/c1-4-10-21-14-15-24(25(20-21)32-3)33-19-9-8-18-30-23-13-7-6-12-22(23)29-26(30)16-17-28-27(31)11-5-2/h4-7,11-15,20H,1,8-10,16-19H2,2-3H3,(H,28,31)/b11-5+. The van der Waals surface area contributed by atoms with Crippen molar-refractivity contribution in [2.45, 2.75) is 39.2 Å². The normalized spacial score (nSPS) is 11.1. The smallest absolute Gasteiger partial charge is 0.243 e. The SMILES string of the molecule is C=CCc1ccc(OCCCCn2c(CCNC(=O)/C=C/C)nc3ccccc32)c(OC)c1. The van der Waals surface area contributed by atoms with E-state index in [-0.39, 0.29) is 5.91 Å². The molecule has 0 radical (unpaired) electrons. The molecule has 0 bridgehead atoms. The number of hydrogen-bond donors (Lipinski definition) is 1. The van der Waals surface area contributed by atoms with Crippen LogP contribution in [-0.2, 0) is 24.2 Å². The van der Waals surface area contributed by atoms with Crippen molar-refractivity contribution < 1.29 is 14.3 Å². The third-order valence-electron chi connectivity index (χ3n) is 5.34. The minimum Gasteiger partial charge on any atom is -0.493 e. The number of amides is 1. The van der Waals surface area contributed by atoms with E-state index in [1.165, 1.54) is 6.08 Å². The van der Waals surface area contributed by atoms with E-state index in [1.807, 2.05) is 49.4 Å². The maximum atomic E-state index is 11.7. The first-order valence-corrected chi connectivity index (χ1v) is 11.4. The first-order valence-electron chi connectivity index (χ1n) is 11.4. The third kappa shape index (κ3) is 6.72. The molecule has 1 aromatic heterocycles. The lowest BCUT2D eigenvalue weighted by Gasteiger charge is -2.13. The van der Waals surface area contributed by atoms with Gasteiger partial charge < -0.3 is 19.4 Å². The summed E-state index contributed by atoms with van der Waals surface area (Å²) in [7, 11) is 1.66. The number of unbranched alkanes of at least 4 members (excludes halogenated alkanes) is 1. The molecule has 174 valence electrons. The molecule has 1 heterocycles. The molecular formula is C27H33N3O3. The first-order chi connectivity index (χ1) is 16.2. The Labute approximate surface area is 195 Å². The number of aryl methyl sites for hydroxylation is 1. The van der Waals surface area contributed by atoms with Crippen LogP contribution in [0, 0.1) is 0 Å². The summed E-state index contributed by atoms with van der Waals surface area (Å²) < 4.78 is 13.7. The third-order valence-corrected chi connectivity index (χ3v) is 5.34. The zero-order valence-corrected chi connectivity index (χ0v) is 19.5. The molecule has 0 aliphatic rings. The number of ether oxygens (including phenoxy) is 2. The molecule has 0 saturated heterocycles. The lowest BCUT2D eigenvalue weighted by Crippen LogP contribution is -2.24. The zero-order chi connectivity index (χ0) is 23.5. The molecular weight excluding hydrogens is 414 g/mol. The monoisotopic (exact) mass is 447 g/mol. The number of carbonyl (C=O) groups excluding carboxylic acids is 1. The minimum atomic E-state index is -0.0785. The predicted octanol–water partition coefficient (Wildman–Crippen LogP) is 4.87. The summed E-state index contributed by atoms with van der Waals surface area (Å²) in [6.45, 7) is 7.62. The maximum Gasteiger partial charge on any atom is 0.243 e. The van der Waals surface area contributed by atoms with Gasteiger partial charge in [-0.25, -0.2) is 4.98 Å². The van der Waals surface area contributed by atoms with Gasteiger partial charge in [0.15, 0.2) is 11.5 Å². The summed E-state index contributed by atoms with van der Waals surface area (Å²) in [6, 6.07) is 14.1. The van der Waals surface area contributed by atoms with E-state index >= 15 is 0 Å². The molecule has 0 atom stereocenters. The lowest BCUT2D eigenvalue weighted by molar-refractivity contribution is -0.116. The van der Waals surface area contributed by atoms with E-state index in [0.29, 0.717) is 19.6 Å². The molecule has 0 aliphatic carbocycles. The zero-order valence-electron chi connectivity index (χ0n) is 19.5. The van der Waals surface area contributed by atoms with Gasteiger partial charge in [-0.3, -0.25) is 4.79 Å². The van der Waals surface area contributed by atoms with Crippen LogP contribution in [0.1, 0.15) is 31.2 Å². The Morgan fingerprint density at radius 1 is 1.18 bits per heavy atom. The summed E-state index contributed by atoms with van der Waals surface area (Å²) in [5.74, 6) is 2.41. The molecule has 1 amide bonds.